The Bertz CT molecular complexity index is 569. The van der Waals surface area contributed by atoms with Crippen molar-refractivity contribution >= 4 is 0 Å². The van der Waals surface area contributed by atoms with Crippen molar-refractivity contribution in [2.24, 2.45) is 5.28 Å². The smallest absolute Gasteiger partial charge is 0.233 e. The number of aliphatic hydroxyl groups is 1. The maximum atomic E-state index is 12.2. The van der Waals surface area contributed by atoms with Crippen LogP contribution >= 0.6 is 0 Å². The van der Waals surface area contributed by atoms with Gasteiger partial charge in [-0.05, 0) is 63.6 Å². The lowest BCUT2D eigenvalue weighted by molar-refractivity contribution is -0.726. The van der Waals surface area contributed by atoms with Crippen LogP contribution < -0.4 is 4.74 Å². The van der Waals surface area contributed by atoms with Crippen molar-refractivity contribution in [3.8, 4) is 5.75 Å². The minimum atomic E-state index is -0.446. The Kier molecular flexibility index (Phi) is 6.47. The van der Waals surface area contributed by atoms with Crippen LogP contribution in [-0.4, -0.2) is 47.0 Å². The summed E-state index contributed by atoms with van der Waals surface area (Å²) < 4.78 is 5.19. The molecular formula is C18H29N3O4. The van der Waals surface area contributed by atoms with E-state index >= 15 is 0 Å². The zero-order chi connectivity index (χ0) is 18.4. The summed E-state index contributed by atoms with van der Waals surface area (Å²) in [5.41, 5.74) is 0.807. The summed E-state index contributed by atoms with van der Waals surface area (Å²) in [7, 11) is 1.66. The van der Waals surface area contributed by atoms with Crippen molar-refractivity contribution < 1.29 is 19.7 Å². The maximum absolute atomic E-state index is 12.2. The van der Waals surface area contributed by atoms with E-state index in [1.54, 1.807) is 7.11 Å². The number of ether oxygens (including phenoxy) is 1. The summed E-state index contributed by atoms with van der Waals surface area (Å²) in [6, 6.07) is 8.07. The molecular weight excluding hydrogens is 322 g/mol. The molecule has 0 bridgehead atoms. The average molecular weight is 351 g/mol. The summed E-state index contributed by atoms with van der Waals surface area (Å²) in [6.07, 6.45) is 2.63. The number of hydrogen-bond donors (Lipinski definition) is 1. The fourth-order valence-corrected chi connectivity index (χ4v) is 3.14. The number of hydrogen-bond acceptors (Lipinski definition) is 5. The van der Waals surface area contributed by atoms with Crippen molar-refractivity contribution in [2.45, 2.75) is 57.6 Å². The van der Waals surface area contributed by atoms with Crippen LogP contribution in [0.15, 0.2) is 29.5 Å². The van der Waals surface area contributed by atoms with E-state index in [1.807, 2.05) is 32.9 Å². The van der Waals surface area contributed by atoms with Crippen LogP contribution in [0.25, 0.3) is 0 Å². The van der Waals surface area contributed by atoms with Gasteiger partial charge < -0.3 is 19.9 Å². The van der Waals surface area contributed by atoms with Crippen molar-refractivity contribution in [2.75, 3.05) is 20.3 Å². The molecule has 0 heterocycles. The zero-order valence-electron chi connectivity index (χ0n) is 15.5. The largest absolute Gasteiger partial charge is 0.569 e. The highest BCUT2D eigenvalue weighted by atomic mass is 16.7. The van der Waals surface area contributed by atoms with E-state index in [0.717, 1.165) is 25.0 Å². The van der Waals surface area contributed by atoms with Gasteiger partial charge in [-0.25, -0.2) is 0 Å². The molecule has 1 N–H and O–H groups in total. The van der Waals surface area contributed by atoms with Gasteiger partial charge in [-0.1, -0.05) is 12.1 Å². The Morgan fingerprint density at radius 3 is 2.52 bits per heavy atom. The van der Waals surface area contributed by atoms with Gasteiger partial charge in [-0.15, -0.1) is 5.01 Å². The van der Waals surface area contributed by atoms with Gasteiger partial charge in [0.05, 0.1) is 24.2 Å². The summed E-state index contributed by atoms with van der Waals surface area (Å²) in [4.78, 5) is 5.93. The molecule has 1 fully saturated rings. The Morgan fingerprint density at radius 1 is 1.28 bits per heavy atom. The third-order valence-electron chi connectivity index (χ3n) is 4.53. The number of aliphatic hydroxyl groups excluding tert-OH is 1. The topological polar surface area (TPSA) is 80.4 Å². The monoisotopic (exact) mass is 351 g/mol. The minimum absolute atomic E-state index is 0.0699. The SMILES string of the molecule is COc1ccc([C@@H]2CC[C@H](ON=[N+]([O-])N(CCO)C(C)(C)C)C2)cc1. The van der Waals surface area contributed by atoms with E-state index in [1.165, 1.54) is 10.6 Å². The van der Waals surface area contributed by atoms with Gasteiger partial charge in [0.1, 0.15) is 18.4 Å². The summed E-state index contributed by atoms with van der Waals surface area (Å²) >= 11 is 0. The summed E-state index contributed by atoms with van der Waals surface area (Å²) in [6.45, 7) is 5.75. The van der Waals surface area contributed by atoms with Crippen molar-refractivity contribution in [1.82, 2.24) is 5.01 Å². The van der Waals surface area contributed by atoms with E-state index in [2.05, 4.69) is 17.4 Å². The third-order valence-corrected chi connectivity index (χ3v) is 4.53. The second-order valence-electron chi connectivity index (χ2n) is 7.36. The molecule has 2 atom stereocenters. The number of methoxy groups -OCH3 is 1. The molecule has 1 aliphatic rings. The lowest BCUT2D eigenvalue weighted by Gasteiger charge is -2.29. The number of hydrazine groups is 1. The molecule has 0 amide bonds. The highest BCUT2D eigenvalue weighted by Crippen LogP contribution is 2.36. The van der Waals surface area contributed by atoms with Gasteiger partial charge in [-0.2, -0.15) is 0 Å². The molecule has 7 heteroatoms. The Balaban J connectivity index is 1.93. The minimum Gasteiger partial charge on any atom is -0.569 e. The van der Waals surface area contributed by atoms with Crippen LogP contribution in [0.3, 0.4) is 0 Å². The zero-order valence-corrected chi connectivity index (χ0v) is 15.5. The molecule has 140 valence electrons. The van der Waals surface area contributed by atoms with Crippen LogP contribution in [0.1, 0.15) is 51.5 Å². The second-order valence-corrected chi connectivity index (χ2v) is 7.36. The lowest BCUT2D eigenvalue weighted by Crippen LogP contribution is -2.47. The summed E-state index contributed by atoms with van der Waals surface area (Å²) in [5, 5.41) is 26.5. The number of β-amino-alcohol motifs (C(OH)–C–C–N with tert-alkyl or cyclic N) is 1. The van der Waals surface area contributed by atoms with Crippen molar-refractivity contribution in [3.05, 3.63) is 35.0 Å². The molecule has 1 aliphatic carbocycles. The number of benzene rings is 1. The predicted octanol–water partition coefficient (Wildman–Crippen LogP) is 3.23. The van der Waals surface area contributed by atoms with Crippen molar-refractivity contribution in [3.63, 3.8) is 0 Å². The molecule has 0 radical (unpaired) electrons. The van der Waals surface area contributed by atoms with Gasteiger partial charge >= 0.3 is 0 Å². The molecule has 0 aromatic heterocycles. The number of rotatable bonds is 7. The van der Waals surface area contributed by atoms with E-state index in [4.69, 9.17) is 14.7 Å². The first-order valence-electron chi connectivity index (χ1n) is 8.71. The van der Waals surface area contributed by atoms with Crippen LogP contribution in [0.2, 0.25) is 0 Å². The molecule has 7 nitrogen and oxygen atoms in total. The second kappa shape index (κ2) is 8.38. The predicted molar refractivity (Wildman–Crippen MR) is 94.1 cm³/mol. The molecule has 1 aromatic carbocycles. The molecule has 0 aliphatic heterocycles. The van der Waals surface area contributed by atoms with Crippen LogP contribution in [-0.2, 0) is 4.84 Å². The first kappa shape index (κ1) is 19.3. The van der Waals surface area contributed by atoms with E-state index in [9.17, 15) is 5.21 Å². The van der Waals surface area contributed by atoms with Crippen LogP contribution in [0.5, 0.6) is 5.75 Å². The van der Waals surface area contributed by atoms with Gasteiger partial charge in [0, 0.05) is 0 Å². The van der Waals surface area contributed by atoms with Crippen LogP contribution in [0, 0.1) is 5.21 Å². The first-order chi connectivity index (χ1) is 11.8. The fourth-order valence-electron chi connectivity index (χ4n) is 3.14. The Labute approximate surface area is 149 Å². The van der Waals surface area contributed by atoms with E-state index in [0.29, 0.717) is 10.9 Å². The average Bonchev–Trinajstić information content (AvgIpc) is 3.05. The van der Waals surface area contributed by atoms with Crippen LogP contribution in [0.4, 0.5) is 0 Å². The molecule has 1 saturated carbocycles. The van der Waals surface area contributed by atoms with Crippen molar-refractivity contribution in [1.29, 1.82) is 0 Å². The molecule has 0 spiro atoms. The highest BCUT2D eigenvalue weighted by Gasteiger charge is 2.31. The maximum Gasteiger partial charge on any atom is 0.233 e. The molecule has 0 unspecified atom stereocenters. The number of nitrogens with zero attached hydrogens (tertiary/aromatic N) is 3. The lowest BCUT2D eigenvalue weighted by atomic mass is 9.98. The fraction of sp³-hybridized carbons (Fsp3) is 0.667. The van der Waals surface area contributed by atoms with E-state index < -0.39 is 5.54 Å². The standard InChI is InChI=1S/C18H29N3O4/c1-18(2,3)20(11-12-22)21(23)19-25-17-10-7-15(13-17)14-5-8-16(24-4)9-6-14/h5-6,8-9,15,17,22H,7,10-13H2,1-4H3/t15-,17+/m1/s1. The van der Waals surface area contributed by atoms with E-state index in [-0.39, 0.29) is 19.3 Å². The summed E-state index contributed by atoms with van der Waals surface area (Å²) in [5.74, 6) is 1.25. The Morgan fingerprint density at radius 2 is 1.96 bits per heavy atom. The van der Waals surface area contributed by atoms with Gasteiger partial charge in [-0.3, -0.25) is 0 Å². The van der Waals surface area contributed by atoms with Gasteiger partial charge in [0.15, 0.2) is 0 Å². The normalized spacial score (nSPS) is 21.2. The molecule has 0 saturated heterocycles. The molecule has 2 rings (SSSR count). The van der Waals surface area contributed by atoms with Gasteiger partial charge in [0.25, 0.3) is 0 Å². The quantitative estimate of drug-likeness (QED) is 0.463. The third kappa shape index (κ3) is 5.22. The molecule has 25 heavy (non-hydrogen) atoms. The molecule has 1 aromatic rings. The Hall–Kier alpha value is -2.02. The highest BCUT2D eigenvalue weighted by molar-refractivity contribution is 5.29. The van der Waals surface area contributed by atoms with Gasteiger partial charge in [0.2, 0.25) is 5.28 Å². The first-order valence-corrected chi connectivity index (χ1v) is 8.71.